The number of nitrogens with one attached hydrogen (secondary N) is 1. The zero-order valence-electron chi connectivity index (χ0n) is 11.7. The highest BCUT2D eigenvalue weighted by atomic mass is 32.2. The normalized spacial score (nSPS) is 14.6. The van der Waals surface area contributed by atoms with E-state index in [0.717, 1.165) is 11.7 Å². The molecule has 2 atom stereocenters. The van der Waals surface area contributed by atoms with Crippen LogP contribution in [0, 0.1) is 19.8 Å². The molecule has 2 unspecified atom stereocenters. The van der Waals surface area contributed by atoms with Crippen LogP contribution in [0.4, 0.5) is 0 Å². The van der Waals surface area contributed by atoms with Crippen molar-refractivity contribution in [2.24, 2.45) is 5.92 Å². The van der Waals surface area contributed by atoms with Crippen LogP contribution in [-0.2, 0) is 0 Å². The maximum absolute atomic E-state index is 3.43. The zero-order valence-corrected chi connectivity index (χ0v) is 12.5. The van der Waals surface area contributed by atoms with Crippen molar-refractivity contribution in [3.05, 3.63) is 29.3 Å². The number of benzene rings is 1. The highest BCUT2D eigenvalue weighted by molar-refractivity contribution is 7.99. The van der Waals surface area contributed by atoms with Crippen LogP contribution < -0.4 is 5.32 Å². The molecule has 17 heavy (non-hydrogen) atoms. The van der Waals surface area contributed by atoms with Gasteiger partial charge in [-0.05, 0) is 38.4 Å². The van der Waals surface area contributed by atoms with E-state index in [2.05, 4.69) is 58.3 Å². The third-order valence-electron chi connectivity index (χ3n) is 3.45. The largest absolute Gasteiger partial charge is 0.316 e. The lowest BCUT2D eigenvalue weighted by Crippen LogP contribution is -2.34. The van der Waals surface area contributed by atoms with Gasteiger partial charge < -0.3 is 5.32 Å². The van der Waals surface area contributed by atoms with E-state index in [1.165, 1.54) is 22.4 Å². The van der Waals surface area contributed by atoms with Crippen LogP contribution in [0.1, 0.15) is 31.4 Å². The van der Waals surface area contributed by atoms with Gasteiger partial charge in [-0.25, -0.2) is 0 Å². The summed E-state index contributed by atoms with van der Waals surface area (Å²) in [6.07, 6.45) is 1.24. The van der Waals surface area contributed by atoms with Crippen molar-refractivity contribution in [2.75, 3.05) is 12.8 Å². The molecule has 0 spiro atoms. The minimum Gasteiger partial charge on any atom is -0.316 e. The van der Waals surface area contributed by atoms with Gasteiger partial charge >= 0.3 is 0 Å². The average Bonchev–Trinajstić information content (AvgIpc) is 2.31. The molecule has 0 bridgehead atoms. The molecule has 0 saturated carbocycles. The molecule has 0 aliphatic rings. The molecule has 0 fully saturated rings. The Kier molecular flexibility index (Phi) is 6.07. The Hall–Kier alpha value is -0.470. The molecule has 1 aromatic rings. The lowest BCUT2D eigenvalue weighted by Gasteiger charge is -2.22. The fourth-order valence-corrected chi connectivity index (χ4v) is 3.26. The van der Waals surface area contributed by atoms with Crippen molar-refractivity contribution < 1.29 is 0 Å². The highest BCUT2D eigenvalue weighted by Gasteiger charge is 2.14. The molecule has 0 radical (unpaired) electrons. The van der Waals surface area contributed by atoms with E-state index in [1.807, 2.05) is 11.8 Å². The van der Waals surface area contributed by atoms with Crippen molar-refractivity contribution >= 4 is 11.8 Å². The Labute approximate surface area is 110 Å². The summed E-state index contributed by atoms with van der Waals surface area (Å²) in [4.78, 5) is 1.42. The number of rotatable bonds is 6. The molecule has 1 rings (SSSR count). The molecule has 1 aromatic carbocycles. The quantitative estimate of drug-likeness (QED) is 0.766. The molecule has 0 aliphatic heterocycles. The Morgan fingerprint density at radius 3 is 2.53 bits per heavy atom. The van der Waals surface area contributed by atoms with Gasteiger partial charge in [-0.15, -0.1) is 11.8 Å². The van der Waals surface area contributed by atoms with Crippen LogP contribution in [0.25, 0.3) is 0 Å². The summed E-state index contributed by atoms with van der Waals surface area (Å²) < 4.78 is 0. The second-order valence-electron chi connectivity index (χ2n) is 4.86. The number of aryl methyl sites for hydroxylation is 2. The Morgan fingerprint density at radius 1 is 1.29 bits per heavy atom. The molecule has 0 heterocycles. The summed E-state index contributed by atoms with van der Waals surface area (Å²) in [6, 6.07) is 7.32. The maximum Gasteiger partial charge on any atom is 0.0184 e. The molecule has 2 heteroatoms. The van der Waals surface area contributed by atoms with E-state index in [9.17, 15) is 0 Å². The van der Waals surface area contributed by atoms with Gasteiger partial charge in [-0.1, -0.05) is 38.0 Å². The molecular formula is C15H25NS. The first kappa shape index (κ1) is 14.6. The van der Waals surface area contributed by atoms with E-state index in [0.29, 0.717) is 6.04 Å². The lowest BCUT2D eigenvalue weighted by molar-refractivity contribution is 0.420. The summed E-state index contributed by atoms with van der Waals surface area (Å²) in [5.41, 5.74) is 2.74. The fourth-order valence-electron chi connectivity index (χ4n) is 1.96. The van der Waals surface area contributed by atoms with E-state index < -0.39 is 0 Å². The molecule has 96 valence electrons. The van der Waals surface area contributed by atoms with Crippen molar-refractivity contribution in [1.82, 2.24) is 5.32 Å². The predicted molar refractivity (Wildman–Crippen MR) is 78.9 cm³/mol. The standard InChI is InChI=1S/C15H25NS/c1-6-12(3)14(16-5)10-17-15-8-7-11(2)9-13(15)4/h7-9,12,14,16H,6,10H2,1-5H3. The predicted octanol–water partition coefficient (Wildman–Crippen LogP) is 4.03. The summed E-state index contributed by atoms with van der Waals surface area (Å²) in [5, 5.41) is 3.43. The Bertz CT molecular complexity index is 349. The van der Waals surface area contributed by atoms with Crippen molar-refractivity contribution in [2.45, 2.75) is 45.1 Å². The summed E-state index contributed by atoms with van der Waals surface area (Å²) in [6.45, 7) is 8.94. The van der Waals surface area contributed by atoms with Crippen molar-refractivity contribution in [1.29, 1.82) is 0 Å². The van der Waals surface area contributed by atoms with Gasteiger partial charge in [0.1, 0.15) is 0 Å². The van der Waals surface area contributed by atoms with Crippen LogP contribution in [0.3, 0.4) is 0 Å². The number of hydrogen-bond donors (Lipinski definition) is 1. The number of hydrogen-bond acceptors (Lipinski definition) is 2. The smallest absolute Gasteiger partial charge is 0.0184 e. The average molecular weight is 251 g/mol. The van der Waals surface area contributed by atoms with E-state index in [4.69, 9.17) is 0 Å². The highest BCUT2D eigenvalue weighted by Crippen LogP contribution is 2.25. The minimum absolute atomic E-state index is 0.603. The Balaban J connectivity index is 2.59. The fraction of sp³-hybridized carbons (Fsp3) is 0.600. The van der Waals surface area contributed by atoms with Crippen LogP contribution in [-0.4, -0.2) is 18.8 Å². The van der Waals surface area contributed by atoms with E-state index >= 15 is 0 Å². The van der Waals surface area contributed by atoms with Gasteiger partial charge in [-0.3, -0.25) is 0 Å². The van der Waals surface area contributed by atoms with Gasteiger partial charge in [0, 0.05) is 16.7 Å². The molecule has 1 N–H and O–H groups in total. The van der Waals surface area contributed by atoms with Gasteiger partial charge in [0.25, 0.3) is 0 Å². The third-order valence-corrected chi connectivity index (χ3v) is 4.75. The number of thioether (sulfide) groups is 1. The molecule has 0 saturated heterocycles. The van der Waals surface area contributed by atoms with Crippen LogP contribution >= 0.6 is 11.8 Å². The van der Waals surface area contributed by atoms with Gasteiger partial charge in [-0.2, -0.15) is 0 Å². The monoisotopic (exact) mass is 251 g/mol. The van der Waals surface area contributed by atoms with Crippen LogP contribution in [0.2, 0.25) is 0 Å². The summed E-state index contributed by atoms with van der Waals surface area (Å²) in [5.74, 6) is 1.88. The zero-order chi connectivity index (χ0) is 12.8. The lowest BCUT2D eigenvalue weighted by atomic mass is 10.0. The second kappa shape index (κ2) is 7.07. The van der Waals surface area contributed by atoms with E-state index in [-0.39, 0.29) is 0 Å². The van der Waals surface area contributed by atoms with E-state index in [1.54, 1.807) is 0 Å². The van der Waals surface area contributed by atoms with Gasteiger partial charge in [0.05, 0.1) is 0 Å². The Morgan fingerprint density at radius 2 is 2.00 bits per heavy atom. The molecule has 0 aliphatic carbocycles. The first-order valence-electron chi connectivity index (χ1n) is 6.45. The van der Waals surface area contributed by atoms with Crippen molar-refractivity contribution in [3.8, 4) is 0 Å². The first-order chi connectivity index (χ1) is 8.08. The van der Waals surface area contributed by atoms with Gasteiger partial charge in [0.15, 0.2) is 0 Å². The van der Waals surface area contributed by atoms with Gasteiger partial charge in [0.2, 0.25) is 0 Å². The summed E-state index contributed by atoms with van der Waals surface area (Å²) >= 11 is 1.97. The maximum atomic E-state index is 3.43. The molecule has 0 amide bonds. The molecule has 1 nitrogen and oxygen atoms in total. The van der Waals surface area contributed by atoms with Crippen LogP contribution in [0.5, 0.6) is 0 Å². The second-order valence-corrected chi connectivity index (χ2v) is 5.92. The third kappa shape index (κ3) is 4.36. The minimum atomic E-state index is 0.603. The molecular weight excluding hydrogens is 226 g/mol. The van der Waals surface area contributed by atoms with Crippen LogP contribution in [0.15, 0.2) is 23.1 Å². The SMILES string of the molecule is CCC(C)C(CSc1ccc(C)cc1C)NC. The first-order valence-corrected chi connectivity index (χ1v) is 7.44. The van der Waals surface area contributed by atoms with Crippen molar-refractivity contribution in [3.63, 3.8) is 0 Å². The molecule has 0 aromatic heterocycles. The summed E-state index contributed by atoms with van der Waals surface area (Å²) in [7, 11) is 2.07. The topological polar surface area (TPSA) is 12.0 Å².